The summed E-state index contributed by atoms with van der Waals surface area (Å²) in [6.45, 7) is 4.21. The molecule has 0 unspecified atom stereocenters. The predicted octanol–water partition coefficient (Wildman–Crippen LogP) is 3.22. The van der Waals surface area contributed by atoms with Crippen LogP contribution < -0.4 is 10.2 Å². The van der Waals surface area contributed by atoms with Gasteiger partial charge < -0.3 is 9.15 Å². The van der Waals surface area contributed by atoms with Gasteiger partial charge in [0.05, 0.1) is 18.6 Å². The summed E-state index contributed by atoms with van der Waals surface area (Å²) in [6, 6.07) is 12.7. The number of hydrogen-bond acceptors (Lipinski definition) is 5. The van der Waals surface area contributed by atoms with Gasteiger partial charge in [0.15, 0.2) is 0 Å². The van der Waals surface area contributed by atoms with Crippen molar-refractivity contribution in [2.75, 3.05) is 6.61 Å². The van der Waals surface area contributed by atoms with Crippen molar-refractivity contribution in [3.63, 3.8) is 0 Å². The van der Waals surface area contributed by atoms with E-state index in [1.807, 2.05) is 31.2 Å². The summed E-state index contributed by atoms with van der Waals surface area (Å²) < 4.78 is 10.8. The number of benzene rings is 1. The molecule has 0 fully saturated rings. The van der Waals surface area contributed by atoms with E-state index in [2.05, 4.69) is 20.7 Å². The summed E-state index contributed by atoms with van der Waals surface area (Å²) in [7, 11) is 0. The third kappa shape index (κ3) is 3.77. The number of nitrogens with one attached hydrogen (secondary N) is 2. The Morgan fingerprint density at radius 2 is 2.16 bits per heavy atom. The summed E-state index contributed by atoms with van der Waals surface area (Å²) in [5, 5.41) is 10.9. The van der Waals surface area contributed by atoms with Crippen LogP contribution in [-0.2, 0) is 0 Å². The number of H-pyrrole nitrogens is 1. The Morgan fingerprint density at radius 1 is 1.32 bits per heavy atom. The molecule has 7 nitrogen and oxygen atoms in total. The molecule has 2 N–H and O–H groups in total. The van der Waals surface area contributed by atoms with E-state index in [1.54, 1.807) is 31.4 Å². The molecular weight excluding hydrogens is 320 g/mol. The number of hydrazone groups is 1. The first-order valence-electron chi connectivity index (χ1n) is 7.85. The number of ether oxygens (including phenoxy) is 1. The summed E-state index contributed by atoms with van der Waals surface area (Å²) in [5.74, 6) is 0.921. The Labute approximate surface area is 144 Å². The van der Waals surface area contributed by atoms with Gasteiger partial charge in [0, 0.05) is 5.56 Å². The zero-order chi connectivity index (χ0) is 17.6. The molecule has 0 aliphatic rings. The van der Waals surface area contributed by atoms with Gasteiger partial charge in [0.2, 0.25) is 0 Å². The fourth-order valence-electron chi connectivity index (χ4n) is 2.27. The quantitative estimate of drug-likeness (QED) is 0.533. The highest BCUT2D eigenvalue weighted by atomic mass is 16.5. The van der Waals surface area contributed by atoms with Crippen LogP contribution in [0.4, 0.5) is 0 Å². The van der Waals surface area contributed by atoms with Crippen molar-refractivity contribution in [2.45, 2.75) is 13.8 Å². The van der Waals surface area contributed by atoms with Crippen molar-refractivity contribution in [1.29, 1.82) is 0 Å². The molecule has 0 saturated carbocycles. The number of nitrogens with zero attached hydrogens (tertiary/aromatic N) is 2. The van der Waals surface area contributed by atoms with Crippen molar-refractivity contribution < 1.29 is 13.9 Å². The van der Waals surface area contributed by atoms with Gasteiger partial charge in [-0.15, -0.1) is 0 Å². The maximum atomic E-state index is 12.2. The summed E-state index contributed by atoms with van der Waals surface area (Å²) >= 11 is 0. The third-order valence-corrected chi connectivity index (χ3v) is 3.49. The van der Waals surface area contributed by atoms with Crippen LogP contribution in [0, 0.1) is 0 Å². The molecule has 128 valence electrons. The first-order valence-corrected chi connectivity index (χ1v) is 7.85. The summed E-state index contributed by atoms with van der Waals surface area (Å²) in [5.41, 5.74) is 4.79. The molecule has 0 saturated heterocycles. The summed E-state index contributed by atoms with van der Waals surface area (Å²) in [4.78, 5) is 12.2. The lowest BCUT2D eigenvalue weighted by molar-refractivity contribution is 0.0950. The Hall–Kier alpha value is -3.35. The maximum absolute atomic E-state index is 12.2. The van der Waals surface area contributed by atoms with E-state index in [-0.39, 0.29) is 0 Å². The van der Waals surface area contributed by atoms with E-state index in [4.69, 9.17) is 9.15 Å². The highest BCUT2D eigenvalue weighted by Crippen LogP contribution is 2.28. The number of aromatic nitrogens is 2. The smallest absolute Gasteiger partial charge is 0.289 e. The third-order valence-electron chi connectivity index (χ3n) is 3.49. The van der Waals surface area contributed by atoms with Crippen molar-refractivity contribution in [3.8, 4) is 17.0 Å². The van der Waals surface area contributed by atoms with Crippen LogP contribution in [0.2, 0.25) is 0 Å². The van der Waals surface area contributed by atoms with Gasteiger partial charge in [-0.3, -0.25) is 9.89 Å². The summed E-state index contributed by atoms with van der Waals surface area (Å²) in [6.07, 6.45) is 1.55. The minimum Gasteiger partial charge on any atom is -0.493 e. The minimum atomic E-state index is -0.390. The SMILES string of the molecule is CCOc1ccccc1-c1cc(C(=O)N/N=C(/C)c2ccco2)[nH]n1. The van der Waals surface area contributed by atoms with E-state index in [0.29, 0.717) is 29.5 Å². The molecule has 0 atom stereocenters. The van der Waals surface area contributed by atoms with E-state index in [9.17, 15) is 4.79 Å². The van der Waals surface area contributed by atoms with Gasteiger partial charge in [-0.2, -0.15) is 10.2 Å². The van der Waals surface area contributed by atoms with Gasteiger partial charge in [-0.1, -0.05) is 12.1 Å². The lowest BCUT2D eigenvalue weighted by Gasteiger charge is -2.07. The molecular formula is C18H18N4O3. The molecule has 0 aliphatic heterocycles. The van der Waals surface area contributed by atoms with Crippen LogP contribution in [0.1, 0.15) is 30.1 Å². The Morgan fingerprint density at radius 3 is 2.92 bits per heavy atom. The first kappa shape index (κ1) is 16.5. The zero-order valence-electron chi connectivity index (χ0n) is 13.9. The second kappa shape index (κ2) is 7.48. The largest absolute Gasteiger partial charge is 0.493 e. The fraction of sp³-hybridized carbons (Fsp3) is 0.167. The van der Waals surface area contributed by atoms with E-state index < -0.39 is 5.91 Å². The van der Waals surface area contributed by atoms with Crippen LogP contribution >= 0.6 is 0 Å². The maximum Gasteiger partial charge on any atom is 0.289 e. The zero-order valence-corrected chi connectivity index (χ0v) is 13.9. The normalized spacial score (nSPS) is 11.4. The molecule has 0 radical (unpaired) electrons. The lowest BCUT2D eigenvalue weighted by Crippen LogP contribution is -2.19. The standard InChI is InChI=1S/C18H18N4O3/c1-3-24-17-8-5-4-7-13(17)14-11-15(21-20-14)18(23)22-19-12(2)16-9-6-10-25-16/h4-11H,3H2,1-2H3,(H,20,21)(H,22,23)/b19-12-. The fourth-order valence-corrected chi connectivity index (χ4v) is 2.27. The van der Waals surface area contributed by atoms with E-state index in [1.165, 1.54) is 0 Å². The number of carbonyl (C=O) groups excluding carboxylic acids is 1. The molecule has 7 heteroatoms. The molecule has 0 bridgehead atoms. The Bertz CT molecular complexity index is 881. The van der Waals surface area contributed by atoms with Gasteiger partial charge >= 0.3 is 0 Å². The molecule has 0 aliphatic carbocycles. The van der Waals surface area contributed by atoms with Gasteiger partial charge in [0.25, 0.3) is 5.91 Å². The van der Waals surface area contributed by atoms with Crippen LogP contribution in [-0.4, -0.2) is 28.4 Å². The lowest BCUT2D eigenvalue weighted by atomic mass is 10.1. The number of hydrogen-bond donors (Lipinski definition) is 2. The van der Waals surface area contributed by atoms with Crippen molar-refractivity contribution in [1.82, 2.24) is 15.6 Å². The highest BCUT2D eigenvalue weighted by Gasteiger charge is 2.13. The van der Waals surface area contributed by atoms with Crippen LogP contribution in [0.5, 0.6) is 5.75 Å². The number of rotatable bonds is 6. The minimum absolute atomic E-state index is 0.303. The Kier molecular flexibility index (Phi) is 4.94. The molecule has 25 heavy (non-hydrogen) atoms. The molecule has 2 aromatic heterocycles. The van der Waals surface area contributed by atoms with E-state index in [0.717, 1.165) is 11.3 Å². The monoisotopic (exact) mass is 338 g/mol. The average Bonchev–Trinajstić information content (AvgIpc) is 3.32. The van der Waals surface area contributed by atoms with Crippen molar-refractivity contribution in [2.24, 2.45) is 5.10 Å². The molecule has 2 heterocycles. The number of carbonyl (C=O) groups is 1. The van der Waals surface area contributed by atoms with Crippen LogP contribution in [0.15, 0.2) is 58.2 Å². The second-order valence-electron chi connectivity index (χ2n) is 5.21. The Balaban J connectivity index is 1.75. The van der Waals surface area contributed by atoms with E-state index >= 15 is 0 Å². The van der Waals surface area contributed by atoms with Gasteiger partial charge in [-0.25, -0.2) is 5.43 Å². The molecule has 3 rings (SSSR count). The second-order valence-corrected chi connectivity index (χ2v) is 5.21. The number of para-hydroxylation sites is 1. The highest BCUT2D eigenvalue weighted by molar-refractivity contribution is 5.98. The topological polar surface area (TPSA) is 92.5 Å². The van der Waals surface area contributed by atoms with Crippen LogP contribution in [0.3, 0.4) is 0 Å². The average molecular weight is 338 g/mol. The number of aromatic amines is 1. The van der Waals surface area contributed by atoms with Gasteiger partial charge in [0.1, 0.15) is 22.9 Å². The van der Waals surface area contributed by atoms with Crippen LogP contribution in [0.25, 0.3) is 11.3 Å². The molecule has 1 aromatic carbocycles. The first-order chi connectivity index (χ1) is 12.2. The molecule has 1 amide bonds. The van der Waals surface area contributed by atoms with Gasteiger partial charge in [-0.05, 0) is 44.2 Å². The molecule has 3 aromatic rings. The predicted molar refractivity (Wildman–Crippen MR) is 93.6 cm³/mol. The van der Waals surface area contributed by atoms with Crippen molar-refractivity contribution in [3.05, 3.63) is 60.2 Å². The number of furan rings is 1. The molecule has 0 spiro atoms. The van der Waals surface area contributed by atoms with Crippen molar-refractivity contribution >= 4 is 11.6 Å². The number of amides is 1.